The number of hydrogen-bond donors (Lipinski definition) is 1. The van der Waals surface area contributed by atoms with Crippen LogP contribution < -0.4 is 14.8 Å². The molecule has 1 aromatic rings. The van der Waals surface area contributed by atoms with Crippen LogP contribution in [0.2, 0.25) is 0 Å². The maximum Gasteiger partial charge on any atom is 0.176 e. The molecule has 1 N–H and O–H groups in total. The van der Waals surface area contributed by atoms with E-state index in [9.17, 15) is 4.79 Å². The molecule has 0 unspecified atom stereocenters. The summed E-state index contributed by atoms with van der Waals surface area (Å²) in [6, 6.07) is 3.59. The van der Waals surface area contributed by atoms with Gasteiger partial charge in [-0.2, -0.15) is 0 Å². The summed E-state index contributed by atoms with van der Waals surface area (Å²) in [6.07, 6.45) is 0. The van der Waals surface area contributed by atoms with E-state index in [0.29, 0.717) is 31.1 Å². The van der Waals surface area contributed by atoms with Crippen LogP contribution in [0.15, 0.2) is 12.1 Å². The highest BCUT2D eigenvalue weighted by Gasteiger charge is 2.17. The van der Waals surface area contributed by atoms with Crippen LogP contribution in [-0.2, 0) is 0 Å². The highest BCUT2D eigenvalue weighted by Crippen LogP contribution is 2.34. The molecule has 0 spiro atoms. The summed E-state index contributed by atoms with van der Waals surface area (Å²) < 4.78 is 11.0. The van der Waals surface area contributed by atoms with Gasteiger partial charge in [0.25, 0.3) is 0 Å². The summed E-state index contributed by atoms with van der Waals surface area (Å²) in [5, 5.41) is 2.84. The Bertz CT molecular complexity index is 415. The molecule has 4 nitrogen and oxygen atoms in total. The number of nitrogens with one attached hydrogen (secondary N) is 1. The van der Waals surface area contributed by atoms with E-state index in [0.717, 1.165) is 11.3 Å². The zero-order valence-corrected chi connectivity index (χ0v) is 9.50. The Morgan fingerprint density at radius 1 is 1.38 bits per heavy atom. The van der Waals surface area contributed by atoms with Crippen LogP contribution in [0.3, 0.4) is 0 Å². The third-order valence-corrected chi connectivity index (χ3v) is 2.49. The van der Waals surface area contributed by atoms with Crippen LogP contribution in [0, 0.1) is 6.92 Å². The van der Waals surface area contributed by atoms with Crippen LogP contribution in [0.4, 0.5) is 0 Å². The van der Waals surface area contributed by atoms with E-state index in [-0.39, 0.29) is 5.78 Å². The Kier molecular flexibility index (Phi) is 3.10. The smallest absolute Gasteiger partial charge is 0.176 e. The number of rotatable bonds is 3. The van der Waals surface area contributed by atoms with Crippen LogP contribution in [0.25, 0.3) is 0 Å². The number of aryl methyl sites for hydroxylation is 1. The lowest BCUT2D eigenvalue weighted by molar-refractivity contribution is 0.0992. The Hall–Kier alpha value is -1.55. The fourth-order valence-electron chi connectivity index (χ4n) is 1.75. The molecule has 0 saturated carbocycles. The molecule has 86 valence electrons. The number of benzene rings is 1. The van der Waals surface area contributed by atoms with Gasteiger partial charge in [0.15, 0.2) is 17.3 Å². The fraction of sp³-hybridized carbons (Fsp3) is 0.417. The molecule has 0 radical (unpaired) electrons. The van der Waals surface area contributed by atoms with Gasteiger partial charge in [0.2, 0.25) is 0 Å². The predicted molar refractivity (Wildman–Crippen MR) is 60.4 cm³/mol. The van der Waals surface area contributed by atoms with E-state index in [1.165, 1.54) is 0 Å². The second kappa shape index (κ2) is 4.53. The molecule has 4 heteroatoms. The monoisotopic (exact) mass is 221 g/mol. The minimum atomic E-state index is 0.0579. The zero-order chi connectivity index (χ0) is 11.5. The fourth-order valence-corrected chi connectivity index (χ4v) is 1.75. The second-order valence-corrected chi connectivity index (χ2v) is 3.77. The first-order chi connectivity index (χ1) is 7.72. The highest BCUT2D eigenvalue weighted by atomic mass is 16.6. The first-order valence-electron chi connectivity index (χ1n) is 5.30. The maximum atomic E-state index is 11.7. The molecule has 2 rings (SSSR count). The molecule has 0 fully saturated rings. The molecule has 0 aromatic heterocycles. The summed E-state index contributed by atoms with van der Waals surface area (Å²) in [4.78, 5) is 11.7. The standard InChI is InChI=1S/C12H15NO3/c1-8-5-9(10(14)7-13-2)6-11-12(8)16-4-3-15-11/h5-6,13H,3-4,7H2,1-2H3. The van der Waals surface area contributed by atoms with Gasteiger partial charge < -0.3 is 14.8 Å². The number of likely N-dealkylation sites (N-methyl/N-ethyl adjacent to an activating group) is 1. The van der Waals surface area contributed by atoms with Crippen LogP contribution in [0.5, 0.6) is 11.5 Å². The topological polar surface area (TPSA) is 47.6 Å². The van der Waals surface area contributed by atoms with Crippen molar-refractivity contribution in [1.29, 1.82) is 0 Å². The van der Waals surface area contributed by atoms with Gasteiger partial charge in [0.05, 0.1) is 6.54 Å². The SMILES string of the molecule is CNCC(=O)c1cc(C)c2c(c1)OCCO2. The number of ketones is 1. The normalized spacial score (nSPS) is 13.6. The minimum Gasteiger partial charge on any atom is -0.486 e. The summed E-state index contributed by atoms with van der Waals surface area (Å²) >= 11 is 0. The van der Waals surface area contributed by atoms with Crippen LogP contribution in [0.1, 0.15) is 15.9 Å². The van der Waals surface area contributed by atoms with Gasteiger partial charge >= 0.3 is 0 Å². The molecule has 0 amide bonds. The first kappa shape index (κ1) is 11.0. The summed E-state index contributed by atoms with van der Waals surface area (Å²) in [5.74, 6) is 1.49. The van der Waals surface area contributed by atoms with E-state index in [1.807, 2.05) is 13.0 Å². The van der Waals surface area contributed by atoms with Crippen molar-refractivity contribution in [3.63, 3.8) is 0 Å². The molecule has 16 heavy (non-hydrogen) atoms. The summed E-state index contributed by atoms with van der Waals surface area (Å²) in [6.45, 7) is 3.36. The summed E-state index contributed by atoms with van der Waals surface area (Å²) in [5.41, 5.74) is 1.60. The number of Topliss-reactive ketones (excluding diaryl/α,β-unsaturated/α-hetero) is 1. The van der Waals surface area contributed by atoms with Crippen molar-refractivity contribution in [3.05, 3.63) is 23.3 Å². The van der Waals surface area contributed by atoms with Gasteiger partial charge in [0.1, 0.15) is 13.2 Å². The van der Waals surface area contributed by atoms with Crippen LogP contribution >= 0.6 is 0 Å². The van der Waals surface area contributed by atoms with Gasteiger partial charge in [-0.05, 0) is 31.7 Å². The maximum absolute atomic E-state index is 11.7. The molecule has 1 aliphatic heterocycles. The molecule has 0 aliphatic carbocycles. The van der Waals surface area contributed by atoms with Crippen molar-refractivity contribution in [2.75, 3.05) is 26.8 Å². The van der Waals surface area contributed by atoms with E-state index < -0.39 is 0 Å². The van der Waals surface area contributed by atoms with Crippen LogP contribution in [-0.4, -0.2) is 32.6 Å². The lowest BCUT2D eigenvalue weighted by Gasteiger charge is -2.20. The quantitative estimate of drug-likeness (QED) is 0.778. The number of fused-ring (bicyclic) bond motifs is 1. The average molecular weight is 221 g/mol. The van der Waals surface area contributed by atoms with E-state index >= 15 is 0 Å². The lowest BCUT2D eigenvalue weighted by atomic mass is 10.1. The minimum absolute atomic E-state index is 0.0579. The Balaban J connectivity index is 2.35. The van der Waals surface area contributed by atoms with E-state index in [1.54, 1.807) is 13.1 Å². The third-order valence-electron chi connectivity index (χ3n) is 2.49. The Morgan fingerprint density at radius 3 is 2.88 bits per heavy atom. The second-order valence-electron chi connectivity index (χ2n) is 3.77. The van der Waals surface area contributed by atoms with Gasteiger partial charge in [-0.3, -0.25) is 4.79 Å². The average Bonchev–Trinajstić information content (AvgIpc) is 2.29. The highest BCUT2D eigenvalue weighted by molar-refractivity contribution is 5.98. The molecule has 1 aliphatic rings. The van der Waals surface area contributed by atoms with Crippen molar-refractivity contribution in [2.45, 2.75) is 6.92 Å². The van der Waals surface area contributed by atoms with E-state index in [2.05, 4.69) is 5.32 Å². The van der Waals surface area contributed by atoms with Gasteiger partial charge in [-0.1, -0.05) is 0 Å². The summed E-state index contributed by atoms with van der Waals surface area (Å²) in [7, 11) is 1.75. The van der Waals surface area contributed by atoms with Crippen molar-refractivity contribution in [1.82, 2.24) is 5.32 Å². The lowest BCUT2D eigenvalue weighted by Crippen LogP contribution is -2.20. The van der Waals surface area contributed by atoms with Crippen molar-refractivity contribution in [3.8, 4) is 11.5 Å². The predicted octanol–water partition coefficient (Wildman–Crippen LogP) is 1.17. The molecular formula is C12H15NO3. The van der Waals surface area contributed by atoms with Gasteiger partial charge in [-0.15, -0.1) is 0 Å². The Labute approximate surface area is 94.6 Å². The molecule has 1 heterocycles. The number of carbonyl (C=O) groups is 1. The molecule has 0 bridgehead atoms. The third kappa shape index (κ3) is 2.02. The van der Waals surface area contributed by atoms with Gasteiger partial charge in [0, 0.05) is 5.56 Å². The van der Waals surface area contributed by atoms with Crippen molar-refractivity contribution < 1.29 is 14.3 Å². The molecule has 1 aromatic carbocycles. The van der Waals surface area contributed by atoms with Gasteiger partial charge in [-0.25, -0.2) is 0 Å². The largest absolute Gasteiger partial charge is 0.486 e. The zero-order valence-electron chi connectivity index (χ0n) is 9.50. The van der Waals surface area contributed by atoms with Crippen molar-refractivity contribution >= 4 is 5.78 Å². The molecule has 0 saturated heterocycles. The number of hydrogen-bond acceptors (Lipinski definition) is 4. The number of ether oxygens (including phenoxy) is 2. The molecule has 0 atom stereocenters. The number of carbonyl (C=O) groups excluding carboxylic acids is 1. The molecular weight excluding hydrogens is 206 g/mol. The first-order valence-corrected chi connectivity index (χ1v) is 5.30. The van der Waals surface area contributed by atoms with E-state index in [4.69, 9.17) is 9.47 Å². The van der Waals surface area contributed by atoms with Crippen molar-refractivity contribution in [2.24, 2.45) is 0 Å². The Morgan fingerprint density at radius 2 is 2.12 bits per heavy atom.